The lowest BCUT2D eigenvalue weighted by atomic mass is 10.1. The second-order valence-corrected chi connectivity index (χ2v) is 7.33. The molecule has 0 fully saturated rings. The van der Waals surface area contributed by atoms with Crippen molar-refractivity contribution in [2.45, 2.75) is 50.8 Å². The minimum atomic E-state index is -3.54. The Kier molecular flexibility index (Phi) is 7.93. The van der Waals surface area contributed by atoms with Gasteiger partial charge in [-0.3, -0.25) is 4.79 Å². The Morgan fingerprint density at radius 2 is 1.61 bits per heavy atom. The number of nitriles is 1. The highest BCUT2D eigenvalue weighted by Crippen LogP contribution is 2.18. The van der Waals surface area contributed by atoms with Gasteiger partial charge in [0, 0.05) is 18.7 Å². The van der Waals surface area contributed by atoms with Crippen LogP contribution in [0.3, 0.4) is 0 Å². The SMILES string of the molecule is CCCCN(CCCC)S(=O)(=O)c1ccc(C(=O)CC#N)cc1. The summed E-state index contributed by atoms with van der Waals surface area (Å²) in [6.07, 6.45) is 3.30. The van der Waals surface area contributed by atoms with Crippen LogP contribution < -0.4 is 0 Å². The van der Waals surface area contributed by atoms with Crippen LogP contribution in [0.5, 0.6) is 0 Å². The van der Waals surface area contributed by atoms with Gasteiger partial charge in [0.15, 0.2) is 5.78 Å². The number of hydrogen-bond acceptors (Lipinski definition) is 4. The summed E-state index contributed by atoms with van der Waals surface area (Å²) < 4.78 is 27.0. The Bertz CT molecular complexity index is 637. The Labute approximate surface area is 139 Å². The zero-order valence-corrected chi connectivity index (χ0v) is 14.6. The molecule has 0 aromatic heterocycles. The molecule has 126 valence electrons. The van der Waals surface area contributed by atoms with Crippen molar-refractivity contribution in [2.75, 3.05) is 13.1 Å². The van der Waals surface area contributed by atoms with E-state index in [1.165, 1.54) is 28.6 Å². The molecule has 0 amide bonds. The molecule has 5 nitrogen and oxygen atoms in total. The van der Waals surface area contributed by atoms with E-state index in [0.717, 1.165) is 25.7 Å². The fraction of sp³-hybridized carbons (Fsp3) is 0.529. The number of hydrogen-bond donors (Lipinski definition) is 0. The van der Waals surface area contributed by atoms with Gasteiger partial charge in [-0.15, -0.1) is 0 Å². The van der Waals surface area contributed by atoms with Crippen LogP contribution in [-0.4, -0.2) is 31.6 Å². The van der Waals surface area contributed by atoms with Crippen molar-refractivity contribution in [2.24, 2.45) is 0 Å². The largest absolute Gasteiger partial charge is 0.293 e. The van der Waals surface area contributed by atoms with Gasteiger partial charge in [0.2, 0.25) is 10.0 Å². The zero-order valence-electron chi connectivity index (χ0n) is 13.8. The highest BCUT2D eigenvalue weighted by atomic mass is 32.2. The molecule has 6 heteroatoms. The maximum absolute atomic E-state index is 12.7. The lowest BCUT2D eigenvalue weighted by molar-refractivity contribution is 0.0997. The molecule has 0 saturated carbocycles. The van der Waals surface area contributed by atoms with Crippen molar-refractivity contribution in [3.63, 3.8) is 0 Å². The second-order valence-electron chi connectivity index (χ2n) is 5.39. The van der Waals surface area contributed by atoms with E-state index in [0.29, 0.717) is 18.7 Å². The summed E-state index contributed by atoms with van der Waals surface area (Å²) in [5.41, 5.74) is 0.360. The fourth-order valence-electron chi connectivity index (χ4n) is 2.16. The van der Waals surface area contributed by atoms with Gasteiger partial charge >= 0.3 is 0 Å². The number of unbranched alkanes of at least 4 members (excludes halogenated alkanes) is 2. The molecule has 1 aromatic carbocycles. The molecule has 0 aliphatic carbocycles. The van der Waals surface area contributed by atoms with Gasteiger partial charge in [-0.05, 0) is 25.0 Å². The second kappa shape index (κ2) is 9.43. The van der Waals surface area contributed by atoms with E-state index in [9.17, 15) is 13.2 Å². The number of carbonyl (C=O) groups excluding carboxylic acids is 1. The van der Waals surface area contributed by atoms with Crippen molar-refractivity contribution in [3.8, 4) is 6.07 Å². The molecule has 0 saturated heterocycles. The molecular formula is C17H24N2O3S. The molecule has 0 aliphatic heterocycles. The van der Waals surface area contributed by atoms with Gasteiger partial charge in [0.05, 0.1) is 17.4 Å². The van der Waals surface area contributed by atoms with Crippen LogP contribution >= 0.6 is 0 Å². The average molecular weight is 336 g/mol. The first kappa shape index (κ1) is 19.3. The lowest BCUT2D eigenvalue weighted by Crippen LogP contribution is -2.33. The number of rotatable bonds is 10. The summed E-state index contributed by atoms with van der Waals surface area (Å²) >= 11 is 0. The molecule has 23 heavy (non-hydrogen) atoms. The summed E-state index contributed by atoms with van der Waals surface area (Å²) in [7, 11) is -3.54. The number of Topliss-reactive ketones (excluding diaryl/α,β-unsaturated/α-hetero) is 1. The number of benzene rings is 1. The summed E-state index contributed by atoms with van der Waals surface area (Å²) in [5, 5.41) is 8.55. The number of sulfonamides is 1. The Morgan fingerprint density at radius 3 is 2.04 bits per heavy atom. The predicted octanol–water partition coefficient (Wildman–Crippen LogP) is 3.37. The zero-order chi connectivity index (χ0) is 17.3. The molecule has 0 bridgehead atoms. The third-order valence-electron chi connectivity index (χ3n) is 3.58. The van der Waals surface area contributed by atoms with E-state index in [1.807, 2.05) is 13.8 Å². The van der Waals surface area contributed by atoms with Crippen LogP contribution in [0, 0.1) is 11.3 Å². The van der Waals surface area contributed by atoms with Gasteiger partial charge < -0.3 is 0 Å². The van der Waals surface area contributed by atoms with Crippen LogP contribution in [0.4, 0.5) is 0 Å². The van der Waals surface area contributed by atoms with Crippen LogP contribution in [0.25, 0.3) is 0 Å². The molecule has 1 rings (SSSR count). The van der Waals surface area contributed by atoms with E-state index >= 15 is 0 Å². The highest BCUT2D eigenvalue weighted by molar-refractivity contribution is 7.89. The Balaban J connectivity index is 2.99. The van der Waals surface area contributed by atoms with Crippen molar-refractivity contribution in [1.29, 1.82) is 5.26 Å². The normalized spacial score (nSPS) is 11.4. The molecule has 0 aliphatic rings. The fourth-order valence-corrected chi connectivity index (χ4v) is 3.67. The maximum Gasteiger partial charge on any atom is 0.243 e. The van der Waals surface area contributed by atoms with Crippen molar-refractivity contribution in [3.05, 3.63) is 29.8 Å². The minimum Gasteiger partial charge on any atom is -0.293 e. The van der Waals surface area contributed by atoms with Gasteiger partial charge in [-0.1, -0.05) is 38.8 Å². The number of carbonyl (C=O) groups is 1. The average Bonchev–Trinajstić information content (AvgIpc) is 2.55. The van der Waals surface area contributed by atoms with Crippen molar-refractivity contribution < 1.29 is 13.2 Å². The van der Waals surface area contributed by atoms with E-state index in [-0.39, 0.29) is 17.1 Å². The molecule has 1 aromatic rings. The third kappa shape index (κ3) is 5.45. The Hall–Kier alpha value is -1.71. The van der Waals surface area contributed by atoms with Crippen LogP contribution in [0.15, 0.2) is 29.2 Å². The quantitative estimate of drug-likeness (QED) is 0.614. The molecule has 0 unspecified atom stereocenters. The third-order valence-corrected chi connectivity index (χ3v) is 5.49. The highest BCUT2D eigenvalue weighted by Gasteiger charge is 2.23. The van der Waals surface area contributed by atoms with E-state index in [1.54, 1.807) is 6.07 Å². The summed E-state index contributed by atoms with van der Waals surface area (Å²) in [4.78, 5) is 11.8. The number of nitrogens with zero attached hydrogens (tertiary/aromatic N) is 2. The topological polar surface area (TPSA) is 78.2 Å². The first-order valence-corrected chi connectivity index (χ1v) is 9.41. The van der Waals surface area contributed by atoms with Crippen molar-refractivity contribution in [1.82, 2.24) is 4.31 Å². The molecule has 0 heterocycles. The predicted molar refractivity (Wildman–Crippen MR) is 89.6 cm³/mol. The monoisotopic (exact) mass is 336 g/mol. The van der Waals surface area contributed by atoms with Crippen LogP contribution in [-0.2, 0) is 10.0 Å². The smallest absolute Gasteiger partial charge is 0.243 e. The summed E-state index contributed by atoms with van der Waals surface area (Å²) in [5.74, 6) is -0.301. The summed E-state index contributed by atoms with van der Waals surface area (Å²) in [6, 6.07) is 7.65. The van der Waals surface area contributed by atoms with Gasteiger partial charge in [-0.25, -0.2) is 8.42 Å². The van der Waals surface area contributed by atoms with Crippen LogP contribution in [0.2, 0.25) is 0 Å². The van der Waals surface area contributed by atoms with Crippen LogP contribution in [0.1, 0.15) is 56.3 Å². The van der Waals surface area contributed by atoms with E-state index < -0.39 is 10.0 Å². The molecule has 0 N–H and O–H groups in total. The van der Waals surface area contributed by atoms with Gasteiger partial charge in [-0.2, -0.15) is 9.57 Å². The van der Waals surface area contributed by atoms with E-state index in [4.69, 9.17) is 5.26 Å². The molecular weight excluding hydrogens is 312 g/mol. The molecule has 0 atom stereocenters. The van der Waals surface area contributed by atoms with Crippen molar-refractivity contribution >= 4 is 15.8 Å². The van der Waals surface area contributed by atoms with Gasteiger partial charge in [0.25, 0.3) is 0 Å². The molecule has 0 radical (unpaired) electrons. The Morgan fingerprint density at radius 1 is 1.09 bits per heavy atom. The minimum absolute atomic E-state index is 0.193. The summed E-state index contributed by atoms with van der Waals surface area (Å²) in [6.45, 7) is 5.07. The number of ketones is 1. The maximum atomic E-state index is 12.7. The van der Waals surface area contributed by atoms with Gasteiger partial charge in [0.1, 0.15) is 0 Å². The van der Waals surface area contributed by atoms with E-state index in [2.05, 4.69) is 0 Å². The first-order valence-electron chi connectivity index (χ1n) is 7.97. The standard InChI is InChI=1S/C17H24N2O3S/c1-3-5-13-19(14-6-4-2)23(21,22)16-9-7-15(8-10-16)17(20)11-12-18/h7-10H,3-6,11,13-14H2,1-2H3. The molecule has 0 spiro atoms. The lowest BCUT2D eigenvalue weighted by Gasteiger charge is -2.22. The first-order chi connectivity index (χ1) is 11.0.